The molecular formula is C31H40O15. The summed E-state index contributed by atoms with van der Waals surface area (Å²) < 4.78 is 38.1. The lowest BCUT2D eigenvalue weighted by molar-refractivity contribution is -0.309. The van der Waals surface area contributed by atoms with Gasteiger partial charge >= 0.3 is 17.6 Å². The quantitative estimate of drug-likeness (QED) is 0.128. The summed E-state index contributed by atoms with van der Waals surface area (Å²) in [4.78, 5) is 37.2. The molecule has 15 nitrogen and oxygen atoms in total. The van der Waals surface area contributed by atoms with Crippen LogP contribution in [0.1, 0.15) is 47.5 Å². The Kier molecular flexibility index (Phi) is 10.8. The molecule has 5 N–H and O–H groups in total. The largest absolute Gasteiger partial charge is 0.488 e. The van der Waals surface area contributed by atoms with Crippen LogP contribution in [0.2, 0.25) is 0 Å². The van der Waals surface area contributed by atoms with Crippen LogP contribution in [0.15, 0.2) is 44.2 Å². The molecule has 0 amide bonds. The summed E-state index contributed by atoms with van der Waals surface area (Å²) in [6, 6.07) is 5.91. The average molecular weight is 653 g/mol. The Morgan fingerprint density at radius 3 is 2.28 bits per heavy atom. The molecule has 1 fully saturated rings. The summed E-state index contributed by atoms with van der Waals surface area (Å²) in [5.41, 5.74) is -3.55. The second-order valence-corrected chi connectivity index (χ2v) is 12.4. The van der Waals surface area contributed by atoms with Gasteiger partial charge in [0.15, 0.2) is 12.4 Å². The van der Waals surface area contributed by atoms with E-state index < -0.39 is 85.0 Å². The van der Waals surface area contributed by atoms with Crippen LogP contribution in [0, 0.1) is 0 Å². The molecule has 2 aromatic heterocycles. The van der Waals surface area contributed by atoms with Crippen molar-refractivity contribution in [2.75, 3.05) is 13.2 Å². The molecule has 0 radical (unpaired) electrons. The van der Waals surface area contributed by atoms with Gasteiger partial charge in [0.25, 0.3) is 0 Å². The van der Waals surface area contributed by atoms with E-state index in [2.05, 4.69) is 0 Å². The molecule has 15 heteroatoms. The average Bonchev–Trinajstić information content (AvgIpc) is 3.41. The Hall–Kier alpha value is -3.57. The molecule has 46 heavy (non-hydrogen) atoms. The van der Waals surface area contributed by atoms with Crippen molar-refractivity contribution in [3.63, 3.8) is 0 Å². The number of hydrogen-bond donors (Lipinski definition) is 5. The maximum atomic E-state index is 12.9. The molecule has 0 bridgehead atoms. The maximum Gasteiger partial charge on any atom is 0.336 e. The maximum absolute atomic E-state index is 12.9. The predicted molar refractivity (Wildman–Crippen MR) is 158 cm³/mol. The molecule has 0 spiro atoms. The van der Waals surface area contributed by atoms with Gasteiger partial charge in [-0.15, -0.1) is 0 Å². The Morgan fingerprint density at radius 1 is 0.935 bits per heavy atom. The summed E-state index contributed by atoms with van der Waals surface area (Å²) in [6.45, 7) is 6.48. The van der Waals surface area contributed by atoms with Crippen molar-refractivity contribution in [3.05, 3.63) is 40.9 Å². The highest BCUT2D eigenvalue weighted by Gasteiger charge is 2.45. The monoisotopic (exact) mass is 652 g/mol. The molecule has 4 rings (SSSR count). The van der Waals surface area contributed by atoms with Crippen LogP contribution in [-0.4, -0.2) is 105 Å². The number of esters is 2. The first kappa shape index (κ1) is 35.3. The molecule has 1 aliphatic rings. The van der Waals surface area contributed by atoms with Gasteiger partial charge in [0.05, 0.1) is 47.2 Å². The van der Waals surface area contributed by atoms with Gasteiger partial charge in [-0.1, -0.05) is 0 Å². The molecular weight excluding hydrogens is 612 g/mol. The van der Waals surface area contributed by atoms with E-state index in [1.54, 1.807) is 19.9 Å². The molecule has 1 saturated heterocycles. The first-order valence-corrected chi connectivity index (χ1v) is 14.7. The van der Waals surface area contributed by atoms with Crippen molar-refractivity contribution in [1.29, 1.82) is 0 Å². The summed E-state index contributed by atoms with van der Waals surface area (Å²) >= 11 is 0. The SMILES string of the molecule is CC(C)O[C@@H]1O[C@H](COC(=O)C[C@@](C)(O)CC(=O)O[C@H](COc2c3ccoc3cc3oc(=O)ccc23)C(C)(C)O)[C@@H](O)[C@H](O)[C@H]1O. The van der Waals surface area contributed by atoms with Crippen molar-refractivity contribution >= 4 is 33.9 Å². The number of benzene rings is 1. The van der Waals surface area contributed by atoms with Crippen LogP contribution in [0.3, 0.4) is 0 Å². The van der Waals surface area contributed by atoms with Crippen molar-refractivity contribution < 1.29 is 67.6 Å². The minimum absolute atomic E-state index is 0.201. The van der Waals surface area contributed by atoms with Gasteiger partial charge in [-0.3, -0.25) is 9.59 Å². The fourth-order valence-corrected chi connectivity index (χ4v) is 4.85. The molecule has 0 saturated carbocycles. The van der Waals surface area contributed by atoms with E-state index in [4.69, 9.17) is 32.5 Å². The van der Waals surface area contributed by atoms with E-state index in [1.807, 2.05) is 0 Å². The lowest BCUT2D eigenvalue weighted by atomic mass is 9.97. The highest BCUT2D eigenvalue weighted by atomic mass is 16.7. The zero-order valence-electron chi connectivity index (χ0n) is 26.1. The number of carbonyl (C=O) groups is 2. The van der Waals surface area contributed by atoms with Gasteiger partial charge in [-0.2, -0.15) is 0 Å². The minimum Gasteiger partial charge on any atom is -0.488 e. The Balaban J connectivity index is 1.35. The highest BCUT2D eigenvalue weighted by molar-refractivity contribution is 6.01. The van der Waals surface area contributed by atoms with Crippen LogP contribution in [0.25, 0.3) is 21.9 Å². The minimum atomic E-state index is -1.94. The second-order valence-electron chi connectivity index (χ2n) is 12.4. The number of rotatable bonds is 13. The number of aliphatic hydroxyl groups is 5. The Labute approximate surface area is 263 Å². The molecule has 7 atom stereocenters. The van der Waals surface area contributed by atoms with E-state index >= 15 is 0 Å². The van der Waals surface area contributed by atoms with Crippen molar-refractivity contribution in [2.45, 2.75) is 102 Å². The summed E-state index contributed by atoms with van der Waals surface area (Å²) in [5.74, 6) is -1.64. The second kappa shape index (κ2) is 14.0. The third-order valence-corrected chi connectivity index (χ3v) is 7.28. The topological polar surface area (TPSA) is 225 Å². The number of carbonyl (C=O) groups excluding carboxylic acids is 2. The highest BCUT2D eigenvalue weighted by Crippen LogP contribution is 2.35. The van der Waals surface area contributed by atoms with Crippen LogP contribution in [0.4, 0.5) is 0 Å². The number of fused-ring (bicyclic) bond motifs is 2. The standard InChI is InChI=1S/C31H40O15/c1-15(2)43-29-27(37)26(36)25(35)20(45-29)13-41-23(33)11-31(5,39)12-24(34)46-21(30(3,4)38)14-42-28-16-6-7-22(32)44-19(16)10-18-17(28)8-9-40-18/h6-10,15,20-21,25-27,29,35-39H,11-14H2,1-5H3/t20-,21-,25-,26+,27-,29-,31-/m1/s1. The molecule has 3 aromatic rings. The van der Waals surface area contributed by atoms with Crippen molar-refractivity contribution in [3.8, 4) is 5.75 Å². The third-order valence-electron chi connectivity index (χ3n) is 7.28. The number of hydrogen-bond acceptors (Lipinski definition) is 15. The normalized spacial score (nSPS) is 24.1. The van der Waals surface area contributed by atoms with Gasteiger partial charge in [0.2, 0.25) is 0 Å². The van der Waals surface area contributed by atoms with Gasteiger partial charge in [0, 0.05) is 12.1 Å². The fourth-order valence-electron chi connectivity index (χ4n) is 4.85. The van der Waals surface area contributed by atoms with E-state index in [-0.39, 0.29) is 24.0 Å². The van der Waals surface area contributed by atoms with E-state index in [0.717, 1.165) is 0 Å². The molecule has 0 aliphatic carbocycles. The van der Waals surface area contributed by atoms with E-state index in [1.165, 1.54) is 45.2 Å². The Morgan fingerprint density at radius 2 is 1.61 bits per heavy atom. The van der Waals surface area contributed by atoms with Crippen LogP contribution < -0.4 is 10.4 Å². The number of furan rings is 1. The van der Waals surface area contributed by atoms with Gasteiger partial charge < -0.3 is 58.1 Å². The van der Waals surface area contributed by atoms with Gasteiger partial charge in [-0.25, -0.2) is 4.79 Å². The first-order chi connectivity index (χ1) is 21.4. The first-order valence-electron chi connectivity index (χ1n) is 14.7. The van der Waals surface area contributed by atoms with E-state index in [9.17, 15) is 39.9 Å². The molecule has 1 aromatic carbocycles. The molecule has 0 unspecified atom stereocenters. The van der Waals surface area contributed by atoms with Crippen LogP contribution in [0.5, 0.6) is 5.75 Å². The van der Waals surface area contributed by atoms with Crippen LogP contribution >= 0.6 is 0 Å². The van der Waals surface area contributed by atoms with Crippen molar-refractivity contribution in [1.82, 2.24) is 0 Å². The number of ether oxygens (including phenoxy) is 5. The van der Waals surface area contributed by atoms with Gasteiger partial charge in [0.1, 0.15) is 54.5 Å². The molecule has 1 aliphatic heterocycles. The Bertz CT molecular complexity index is 1570. The van der Waals surface area contributed by atoms with Crippen molar-refractivity contribution in [2.24, 2.45) is 0 Å². The zero-order chi connectivity index (χ0) is 34.0. The summed E-state index contributed by atoms with van der Waals surface area (Å²) in [6.07, 6.45) is -8.80. The molecule has 254 valence electrons. The third kappa shape index (κ3) is 8.61. The van der Waals surface area contributed by atoms with Gasteiger partial charge in [-0.05, 0) is 46.8 Å². The molecule has 3 heterocycles. The fraction of sp³-hybridized carbons (Fsp3) is 0.581. The predicted octanol–water partition coefficient (Wildman–Crippen LogP) is 0.908. The van der Waals surface area contributed by atoms with Crippen LogP contribution in [-0.2, 0) is 28.5 Å². The lowest BCUT2D eigenvalue weighted by Crippen LogP contribution is -2.59. The zero-order valence-corrected chi connectivity index (χ0v) is 26.1. The smallest absolute Gasteiger partial charge is 0.336 e. The number of aliphatic hydroxyl groups excluding tert-OH is 3. The summed E-state index contributed by atoms with van der Waals surface area (Å²) in [5, 5.41) is 53.0. The summed E-state index contributed by atoms with van der Waals surface area (Å²) in [7, 11) is 0. The lowest BCUT2D eigenvalue weighted by Gasteiger charge is -2.40. The van der Waals surface area contributed by atoms with E-state index in [0.29, 0.717) is 16.4 Å².